The van der Waals surface area contributed by atoms with E-state index in [1.807, 2.05) is 24.4 Å². The van der Waals surface area contributed by atoms with Crippen molar-refractivity contribution in [3.8, 4) is 17.6 Å². The zero-order valence-corrected chi connectivity index (χ0v) is 15.9. The molecule has 1 unspecified atom stereocenters. The average Bonchev–Trinajstić information content (AvgIpc) is 3.46. The van der Waals surface area contributed by atoms with Crippen molar-refractivity contribution in [3.05, 3.63) is 58.3 Å². The van der Waals surface area contributed by atoms with E-state index in [0.717, 1.165) is 22.5 Å². The van der Waals surface area contributed by atoms with E-state index in [1.165, 1.54) is 19.1 Å². The van der Waals surface area contributed by atoms with Gasteiger partial charge in [-0.2, -0.15) is 5.10 Å². The lowest BCUT2D eigenvalue weighted by atomic mass is 10.1. The van der Waals surface area contributed by atoms with Gasteiger partial charge in [-0.1, -0.05) is 11.8 Å². The molecule has 1 aliphatic carbocycles. The molecule has 0 saturated heterocycles. The molecule has 0 radical (unpaired) electrons. The van der Waals surface area contributed by atoms with Gasteiger partial charge in [0.1, 0.15) is 6.67 Å². The van der Waals surface area contributed by atoms with Crippen LogP contribution in [0.1, 0.15) is 30.1 Å². The van der Waals surface area contributed by atoms with Crippen LogP contribution in [0.3, 0.4) is 0 Å². The summed E-state index contributed by atoms with van der Waals surface area (Å²) in [5.74, 6) is 6.35. The van der Waals surface area contributed by atoms with Crippen LogP contribution in [0.2, 0.25) is 0 Å². The highest BCUT2D eigenvalue weighted by atomic mass is 19.1. The highest BCUT2D eigenvalue weighted by Crippen LogP contribution is 2.28. The molecule has 6 nitrogen and oxygen atoms in total. The number of nitrogens with one attached hydrogen (secondary N) is 1. The van der Waals surface area contributed by atoms with Crippen LogP contribution in [-0.4, -0.2) is 34.7 Å². The van der Waals surface area contributed by atoms with Crippen molar-refractivity contribution in [2.45, 2.75) is 25.3 Å². The zero-order chi connectivity index (χ0) is 20.2. The molecule has 3 aromatic rings. The van der Waals surface area contributed by atoms with Gasteiger partial charge in [0.05, 0.1) is 24.2 Å². The fraction of sp³-hybridized carbons (Fsp3) is 0.364. The van der Waals surface area contributed by atoms with Crippen molar-refractivity contribution in [3.63, 3.8) is 0 Å². The van der Waals surface area contributed by atoms with Crippen LogP contribution in [0, 0.1) is 17.8 Å². The minimum absolute atomic E-state index is 0.166. The summed E-state index contributed by atoms with van der Waals surface area (Å²) in [5.41, 5.74) is 1.28. The predicted molar refractivity (Wildman–Crippen MR) is 108 cm³/mol. The second-order valence-electron chi connectivity index (χ2n) is 7.26. The Morgan fingerprint density at radius 3 is 3.03 bits per heavy atom. The van der Waals surface area contributed by atoms with Crippen molar-refractivity contribution < 1.29 is 13.9 Å². The third kappa shape index (κ3) is 4.66. The quantitative estimate of drug-likeness (QED) is 0.475. The Hall–Kier alpha value is -3.11. The zero-order valence-electron chi connectivity index (χ0n) is 15.9. The van der Waals surface area contributed by atoms with Gasteiger partial charge in [-0.3, -0.25) is 9.48 Å². The number of rotatable bonds is 7. The van der Waals surface area contributed by atoms with Crippen molar-refractivity contribution in [1.82, 2.24) is 15.1 Å². The number of nitrogens with zero attached hydrogens (tertiary/aromatic N) is 2. The third-order valence-corrected chi connectivity index (χ3v) is 4.87. The first-order valence-corrected chi connectivity index (χ1v) is 9.70. The molecule has 7 heteroatoms. The van der Waals surface area contributed by atoms with Gasteiger partial charge >= 0.3 is 0 Å². The summed E-state index contributed by atoms with van der Waals surface area (Å²) in [4.78, 5) is 11.8. The molecule has 1 aliphatic rings. The molecule has 0 spiro atoms. The lowest BCUT2D eigenvalue weighted by Gasteiger charge is -2.17. The van der Waals surface area contributed by atoms with Gasteiger partial charge in [-0.15, -0.1) is 0 Å². The lowest BCUT2D eigenvalue weighted by Crippen LogP contribution is -2.27. The van der Waals surface area contributed by atoms with Gasteiger partial charge in [-0.25, -0.2) is 4.39 Å². The Balaban J connectivity index is 1.59. The maximum Gasteiger partial charge on any atom is 0.226 e. The SMILES string of the molecule is O=c1ccoc(C(CNCCF)Cn2cc3cc(C#CC4CC4)ccc3n2)c1O. The van der Waals surface area contributed by atoms with Gasteiger partial charge in [0.2, 0.25) is 11.2 Å². The number of benzene rings is 1. The van der Waals surface area contributed by atoms with Crippen LogP contribution in [0.4, 0.5) is 4.39 Å². The van der Waals surface area contributed by atoms with Gasteiger partial charge in [0.25, 0.3) is 0 Å². The Bertz CT molecular complexity index is 1120. The first-order chi connectivity index (χ1) is 14.1. The molecular weight excluding hydrogens is 373 g/mol. The molecule has 150 valence electrons. The summed E-state index contributed by atoms with van der Waals surface area (Å²) < 4.78 is 19.7. The molecule has 1 atom stereocenters. The highest BCUT2D eigenvalue weighted by Gasteiger charge is 2.21. The van der Waals surface area contributed by atoms with Gasteiger partial charge < -0.3 is 14.8 Å². The standard InChI is InChI=1S/C22H22FN3O3/c23-8-9-24-12-18(22-21(28)20(27)7-10-29-22)14-26-13-17-11-16(4-3-15-1-2-15)5-6-19(17)25-26/h5-7,10-11,13,15,18,24,28H,1-2,8-9,12,14H2. The van der Waals surface area contributed by atoms with E-state index in [9.17, 15) is 14.3 Å². The van der Waals surface area contributed by atoms with Crippen molar-refractivity contribution in [2.75, 3.05) is 19.8 Å². The Kier molecular flexibility index (Phi) is 5.63. The van der Waals surface area contributed by atoms with Crippen molar-refractivity contribution in [1.29, 1.82) is 0 Å². The predicted octanol–water partition coefficient (Wildman–Crippen LogP) is 2.80. The van der Waals surface area contributed by atoms with Crippen LogP contribution in [0.5, 0.6) is 5.75 Å². The Morgan fingerprint density at radius 2 is 2.24 bits per heavy atom. The largest absolute Gasteiger partial charge is 0.502 e. The summed E-state index contributed by atoms with van der Waals surface area (Å²) in [6.45, 7) is 0.364. The van der Waals surface area contributed by atoms with Gasteiger partial charge in [-0.05, 0) is 31.0 Å². The number of aromatic hydroxyl groups is 1. The van der Waals surface area contributed by atoms with E-state index in [4.69, 9.17) is 4.42 Å². The normalized spacial score (nSPS) is 14.5. The molecule has 1 aromatic carbocycles. The minimum Gasteiger partial charge on any atom is -0.502 e. The maximum atomic E-state index is 12.5. The molecule has 0 bridgehead atoms. The summed E-state index contributed by atoms with van der Waals surface area (Å²) in [6.07, 6.45) is 5.53. The molecule has 2 N–H and O–H groups in total. The molecule has 0 aliphatic heterocycles. The van der Waals surface area contributed by atoms with Crippen molar-refractivity contribution in [2.24, 2.45) is 5.92 Å². The molecule has 1 fully saturated rings. The summed E-state index contributed by atoms with van der Waals surface area (Å²) in [6, 6.07) is 7.05. The van der Waals surface area contributed by atoms with Gasteiger partial charge in [0.15, 0.2) is 5.76 Å². The highest BCUT2D eigenvalue weighted by molar-refractivity contribution is 5.79. The van der Waals surface area contributed by atoms with E-state index in [-0.39, 0.29) is 18.2 Å². The van der Waals surface area contributed by atoms with Gasteiger partial charge in [0, 0.05) is 42.2 Å². The number of hydrogen-bond acceptors (Lipinski definition) is 5. The number of hydrogen-bond donors (Lipinski definition) is 2. The topological polar surface area (TPSA) is 80.3 Å². The monoisotopic (exact) mass is 395 g/mol. The molecule has 0 amide bonds. The van der Waals surface area contributed by atoms with Crippen LogP contribution in [0.15, 0.2) is 45.9 Å². The molecule has 2 aromatic heterocycles. The van der Waals surface area contributed by atoms with E-state index >= 15 is 0 Å². The van der Waals surface area contributed by atoms with E-state index < -0.39 is 17.9 Å². The number of halogens is 1. The fourth-order valence-electron chi connectivity index (χ4n) is 3.19. The smallest absolute Gasteiger partial charge is 0.226 e. The lowest BCUT2D eigenvalue weighted by molar-refractivity contribution is 0.344. The van der Waals surface area contributed by atoms with E-state index in [1.54, 1.807) is 4.68 Å². The Labute approximate surface area is 167 Å². The maximum absolute atomic E-state index is 12.5. The molecule has 4 rings (SSSR count). The van der Waals surface area contributed by atoms with Crippen molar-refractivity contribution >= 4 is 10.9 Å². The first-order valence-electron chi connectivity index (χ1n) is 9.70. The molecule has 2 heterocycles. The third-order valence-electron chi connectivity index (χ3n) is 4.87. The van der Waals surface area contributed by atoms with Crippen LogP contribution in [-0.2, 0) is 6.54 Å². The minimum atomic E-state index is -0.508. The summed E-state index contributed by atoms with van der Waals surface area (Å²) in [7, 11) is 0. The number of aromatic nitrogens is 2. The number of fused-ring (bicyclic) bond motifs is 1. The van der Waals surface area contributed by atoms with Crippen LogP contribution in [0.25, 0.3) is 10.9 Å². The van der Waals surface area contributed by atoms with Crippen LogP contribution >= 0.6 is 0 Å². The number of alkyl halides is 1. The second-order valence-corrected chi connectivity index (χ2v) is 7.26. The van der Waals surface area contributed by atoms with Crippen LogP contribution < -0.4 is 10.7 Å². The first kappa shape index (κ1) is 19.2. The summed E-state index contributed by atoms with van der Waals surface area (Å²) in [5, 5.41) is 18.6. The molecule has 29 heavy (non-hydrogen) atoms. The summed E-state index contributed by atoms with van der Waals surface area (Å²) >= 11 is 0. The molecule has 1 saturated carbocycles. The average molecular weight is 395 g/mol. The van der Waals surface area contributed by atoms with E-state index in [2.05, 4.69) is 22.3 Å². The fourth-order valence-corrected chi connectivity index (χ4v) is 3.19. The second kappa shape index (κ2) is 8.50. The van der Waals surface area contributed by atoms with E-state index in [0.29, 0.717) is 19.0 Å². The Morgan fingerprint density at radius 1 is 1.38 bits per heavy atom. The molecular formula is C22H22FN3O3.